The molecule has 0 saturated carbocycles. The number of nitrogens with one attached hydrogen (secondary N) is 1. The van der Waals surface area contributed by atoms with E-state index < -0.39 is 39.3 Å². The Morgan fingerprint density at radius 2 is 1.73 bits per heavy atom. The molecule has 0 saturated heterocycles. The number of hydrogen-bond acceptors (Lipinski definition) is 6. The number of halogens is 2. The molecule has 0 aromatic heterocycles. The van der Waals surface area contributed by atoms with Gasteiger partial charge in [-0.3, -0.25) is 24.0 Å². The van der Waals surface area contributed by atoms with Gasteiger partial charge in [0, 0.05) is 40.8 Å². The summed E-state index contributed by atoms with van der Waals surface area (Å²) in [4.78, 5) is 38.5. The molecule has 1 atom stereocenters. The van der Waals surface area contributed by atoms with Crippen molar-refractivity contribution < 1.29 is 22.9 Å². The second kappa shape index (κ2) is 13.6. The van der Waals surface area contributed by atoms with Crippen molar-refractivity contribution in [3.8, 4) is 0 Å². The third kappa shape index (κ3) is 8.31. The zero-order chi connectivity index (χ0) is 27.8. The molecule has 0 spiro atoms. The number of anilines is 1. The maximum Gasteiger partial charge on any atom is 0.271 e. The molecule has 2 amide bonds. The van der Waals surface area contributed by atoms with Crippen LogP contribution in [0.25, 0.3) is 0 Å². The van der Waals surface area contributed by atoms with Gasteiger partial charge < -0.3 is 10.2 Å². The quantitative estimate of drug-likeness (QED) is 0.215. The number of rotatable bonds is 13. The van der Waals surface area contributed by atoms with Crippen LogP contribution in [0.1, 0.15) is 38.7 Å². The van der Waals surface area contributed by atoms with Crippen molar-refractivity contribution in [2.75, 3.05) is 23.7 Å². The normalized spacial score (nSPS) is 12.0. The van der Waals surface area contributed by atoms with Crippen molar-refractivity contribution in [3.63, 3.8) is 0 Å². The highest BCUT2D eigenvalue weighted by Gasteiger charge is 2.32. The molecular weight excluding hydrogens is 543 g/mol. The van der Waals surface area contributed by atoms with Crippen LogP contribution >= 0.6 is 23.2 Å². The highest BCUT2D eigenvalue weighted by molar-refractivity contribution is 7.92. The summed E-state index contributed by atoms with van der Waals surface area (Å²) in [6.45, 7) is 3.29. The average molecular weight is 573 g/mol. The van der Waals surface area contributed by atoms with Crippen molar-refractivity contribution in [1.29, 1.82) is 0 Å². The van der Waals surface area contributed by atoms with Crippen LogP contribution in [0, 0.1) is 10.1 Å². The SMILES string of the molecule is CCCCNC(=O)[C@H](CC)N(Cc1c(Cl)cccc1Cl)C(=O)CN(c1cccc([N+](=O)[O-])c1)S(C)(=O)=O. The molecule has 13 heteroatoms. The summed E-state index contributed by atoms with van der Waals surface area (Å²) >= 11 is 12.7. The second-order valence-electron chi connectivity index (χ2n) is 8.34. The number of non-ortho nitro benzene ring substituents is 1. The molecule has 202 valence electrons. The average Bonchev–Trinajstić information content (AvgIpc) is 2.83. The lowest BCUT2D eigenvalue weighted by Crippen LogP contribution is -2.52. The molecule has 37 heavy (non-hydrogen) atoms. The first-order valence-electron chi connectivity index (χ1n) is 11.6. The van der Waals surface area contributed by atoms with Gasteiger partial charge in [-0.05, 0) is 31.0 Å². The third-order valence-electron chi connectivity index (χ3n) is 5.61. The molecule has 2 aromatic carbocycles. The van der Waals surface area contributed by atoms with Crippen LogP contribution in [0.2, 0.25) is 10.0 Å². The predicted octanol–water partition coefficient (Wildman–Crippen LogP) is 4.39. The highest BCUT2D eigenvalue weighted by atomic mass is 35.5. The topological polar surface area (TPSA) is 130 Å². The number of unbranched alkanes of at least 4 members (excludes halogenated alkanes) is 1. The van der Waals surface area contributed by atoms with Gasteiger partial charge in [0.2, 0.25) is 21.8 Å². The number of nitro benzene ring substituents is 1. The van der Waals surface area contributed by atoms with E-state index in [1.807, 2.05) is 6.92 Å². The number of sulfonamides is 1. The number of nitro groups is 1. The Balaban J connectivity index is 2.50. The summed E-state index contributed by atoms with van der Waals surface area (Å²) in [7, 11) is -4.04. The number of benzene rings is 2. The minimum Gasteiger partial charge on any atom is -0.354 e. The first-order valence-corrected chi connectivity index (χ1v) is 14.2. The number of nitrogens with zero attached hydrogens (tertiary/aromatic N) is 3. The number of carbonyl (C=O) groups excluding carboxylic acids is 2. The minimum absolute atomic E-state index is 0.0544. The van der Waals surface area contributed by atoms with E-state index in [-0.39, 0.29) is 34.4 Å². The van der Waals surface area contributed by atoms with Gasteiger partial charge in [0.1, 0.15) is 12.6 Å². The molecule has 10 nitrogen and oxygen atoms in total. The Kier molecular flexibility index (Phi) is 11.1. The molecule has 1 N–H and O–H groups in total. The highest BCUT2D eigenvalue weighted by Crippen LogP contribution is 2.28. The smallest absolute Gasteiger partial charge is 0.271 e. The standard InChI is InChI=1S/C24H30Cl2N4O6S/c1-4-6-13-27-24(32)22(5-2)28(15-19-20(25)11-8-12-21(19)26)23(31)16-29(37(3,35)36)17-9-7-10-18(14-17)30(33)34/h7-12,14,22H,4-6,13,15-16H2,1-3H3,(H,27,32)/t22-/m0/s1. The van der Waals surface area contributed by atoms with Crippen molar-refractivity contribution in [3.05, 3.63) is 68.2 Å². The number of hydrogen-bond donors (Lipinski definition) is 1. The molecule has 0 aliphatic heterocycles. The fraction of sp³-hybridized carbons (Fsp3) is 0.417. The number of amides is 2. The van der Waals surface area contributed by atoms with Gasteiger partial charge in [-0.2, -0.15) is 0 Å². The van der Waals surface area contributed by atoms with Gasteiger partial charge in [0.15, 0.2) is 0 Å². The van der Waals surface area contributed by atoms with Crippen molar-refractivity contribution >= 4 is 56.4 Å². The largest absolute Gasteiger partial charge is 0.354 e. The van der Waals surface area contributed by atoms with Gasteiger partial charge in [0.25, 0.3) is 5.69 Å². The van der Waals surface area contributed by atoms with Crippen LogP contribution in [-0.2, 0) is 26.2 Å². The van der Waals surface area contributed by atoms with Crippen molar-refractivity contribution in [1.82, 2.24) is 10.2 Å². The third-order valence-corrected chi connectivity index (χ3v) is 7.46. The summed E-state index contributed by atoms with van der Waals surface area (Å²) in [5.41, 5.74) is 0.0153. The van der Waals surface area contributed by atoms with E-state index in [2.05, 4.69) is 5.32 Å². The van der Waals surface area contributed by atoms with Crippen LogP contribution < -0.4 is 9.62 Å². The van der Waals surface area contributed by atoms with Crippen LogP contribution in [-0.4, -0.2) is 55.4 Å². The first kappa shape index (κ1) is 30.3. The Morgan fingerprint density at radius 3 is 2.27 bits per heavy atom. The molecular formula is C24H30Cl2N4O6S. The maximum atomic E-state index is 13.7. The van der Waals surface area contributed by atoms with Crippen LogP contribution in [0.5, 0.6) is 0 Å². The molecule has 0 radical (unpaired) electrons. The van der Waals surface area contributed by atoms with Crippen molar-refractivity contribution in [2.24, 2.45) is 0 Å². The van der Waals surface area contributed by atoms with Crippen molar-refractivity contribution in [2.45, 2.75) is 45.7 Å². The van der Waals surface area contributed by atoms with E-state index in [1.54, 1.807) is 25.1 Å². The number of carbonyl (C=O) groups is 2. The molecule has 0 aliphatic rings. The lowest BCUT2D eigenvalue weighted by molar-refractivity contribution is -0.384. The molecule has 0 aliphatic carbocycles. The Hall–Kier alpha value is -2.89. The Labute approximate surface area is 226 Å². The van der Waals surface area contributed by atoms with E-state index >= 15 is 0 Å². The van der Waals surface area contributed by atoms with Gasteiger partial charge in [-0.15, -0.1) is 0 Å². The summed E-state index contributed by atoms with van der Waals surface area (Å²) in [6.07, 6.45) is 2.74. The van der Waals surface area contributed by atoms with Crippen LogP contribution in [0.4, 0.5) is 11.4 Å². The lowest BCUT2D eigenvalue weighted by Gasteiger charge is -2.33. The first-order chi connectivity index (χ1) is 17.4. The summed E-state index contributed by atoms with van der Waals surface area (Å²) in [6, 6.07) is 8.85. The second-order valence-corrected chi connectivity index (χ2v) is 11.1. The molecule has 2 rings (SSSR count). The molecule has 2 aromatic rings. The van der Waals surface area contributed by atoms with Gasteiger partial charge >= 0.3 is 0 Å². The summed E-state index contributed by atoms with van der Waals surface area (Å²) < 4.78 is 26.1. The van der Waals surface area contributed by atoms with Gasteiger partial charge in [0.05, 0.1) is 16.9 Å². The Bertz CT molecular complexity index is 1220. The fourth-order valence-electron chi connectivity index (χ4n) is 3.65. The molecule has 0 fully saturated rings. The van der Waals surface area contributed by atoms with E-state index in [1.165, 1.54) is 23.1 Å². The maximum absolute atomic E-state index is 13.7. The van der Waals surface area contributed by atoms with E-state index in [0.717, 1.165) is 29.5 Å². The monoisotopic (exact) mass is 572 g/mol. The molecule has 0 bridgehead atoms. The van der Waals surface area contributed by atoms with Gasteiger partial charge in [-0.25, -0.2) is 8.42 Å². The summed E-state index contributed by atoms with van der Waals surface area (Å²) in [5.74, 6) is -1.10. The van der Waals surface area contributed by atoms with E-state index in [9.17, 15) is 28.1 Å². The van der Waals surface area contributed by atoms with Gasteiger partial charge in [-0.1, -0.05) is 55.6 Å². The van der Waals surface area contributed by atoms with E-state index in [4.69, 9.17) is 23.2 Å². The van der Waals surface area contributed by atoms with Crippen LogP contribution in [0.15, 0.2) is 42.5 Å². The minimum atomic E-state index is -4.04. The zero-order valence-corrected chi connectivity index (χ0v) is 23.1. The lowest BCUT2D eigenvalue weighted by atomic mass is 10.1. The zero-order valence-electron chi connectivity index (χ0n) is 20.8. The summed E-state index contributed by atoms with van der Waals surface area (Å²) in [5, 5.41) is 14.6. The van der Waals surface area contributed by atoms with Crippen LogP contribution in [0.3, 0.4) is 0 Å². The molecule has 0 heterocycles. The van der Waals surface area contributed by atoms with E-state index in [0.29, 0.717) is 12.1 Å². The predicted molar refractivity (Wildman–Crippen MR) is 144 cm³/mol. The Morgan fingerprint density at radius 1 is 1.11 bits per heavy atom. The molecule has 0 unspecified atom stereocenters. The fourth-order valence-corrected chi connectivity index (χ4v) is 5.01.